The lowest BCUT2D eigenvalue weighted by Gasteiger charge is -2.24. The molecule has 0 spiro atoms. The first-order valence-corrected chi connectivity index (χ1v) is 7.03. The Morgan fingerprint density at radius 2 is 1.84 bits per heavy atom. The minimum atomic E-state index is -1.13. The standard InChI is InChI=1S/C14H23NO4/c1-3-9-19-14(18)12(15-10(2)16)13(17)11-7-5-4-6-8-11/h11-12H,3-9H2,1-2H3,(H,15,16). The van der Waals surface area contributed by atoms with Crippen LogP contribution in [-0.4, -0.2) is 30.3 Å². The van der Waals surface area contributed by atoms with Gasteiger partial charge in [0.25, 0.3) is 0 Å². The third kappa shape index (κ3) is 5.01. The minimum Gasteiger partial charge on any atom is -0.464 e. The first kappa shape index (κ1) is 15.7. The molecule has 1 saturated carbocycles. The van der Waals surface area contributed by atoms with Crippen molar-refractivity contribution in [1.29, 1.82) is 0 Å². The zero-order valence-electron chi connectivity index (χ0n) is 11.7. The van der Waals surface area contributed by atoms with Crippen LogP contribution in [0.4, 0.5) is 0 Å². The van der Waals surface area contributed by atoms with Gasteiger partial charge in [0.1, 0.15) is 0 Å². The normalized spacial score (nSPS) is 17.6. The van der Waals surface area contributed by atoms with E-state index in [1.807, 2.05) is 6.92 Å². The molecule has 5 nitrogen and oxygen atoms in total. The van der Waals surface area contributed by atoms with E-state index in [0.29, 0.717) is 6.42 Å². The fourth-order valence-electron chi connectivity index (χ4n) is 2.36. The molecule has 19 heavy (non-hydrogen) atoms. The van der Waals surface area contributed by atoms with E-state index in [2.05, 4.69) is 5.32 Å². The van der Waals surface area contributed by atoms with E-state index >= 15 is 0 Å². The fraction of sp³-hybridized carbons (Fsp3) is 0.786. The molecule has 1 fully saturated rings. The predicted molar refractivity (Wildman–Crippen MR) is 70.4 cm³/mol. The number of ether oxygens (including phenoxy) is 1. The molecule has 1 aliphatic rings. The lowest BCUT2D eigenvalue weighted by molar-refractivity contribution is -0.152. The van der Waals surface area contributed by atoms with Crippen LogP contribution >= 0.6 is 0 Å². The highest BCUT2D eigenvalue weighted by Crippen LogP contribution is 2.25. The highest BCUT2D eigenvalue weighted by molar-refractivity contribution is 6.06. The van der Waals surface area contributed by atoms with Crippen molar-refractivity contribution in [1.82, 2.24) is 5.32 Å². The number of carbonyl (C=O) groups is 3. The van der Waals surface area contributed by atoms with Crippen LogP contribution in [0.3, 0.4) is 0 Å². The Labute approximate surface area is 114 Å². The highest BCUT2D eigenvalue weighted by Gasteiger charge is 2.34. The summed E-state index contributed by atoms with van der Waals surface area (Å²) in [4.78, 5) is 35.3. The minimum absolute atomic E-state index is 0.125. The van der Waals surface area contributed by atoms with E-state index in [1.165, 1.54) is 6.92 Å². The van der Waals surface area contributed by atoms with Crippen molar-refractivity contribution in [3.8, 4) is 0 Å². The van der Waals surface area contributed by atoms with Gasteiger partial charge < -0.3 is 10.1 Å². The first-order valence-electron chi connectivity index (χ1n) is 7.03. The fourth-order valence-corrected chi connectivity index (χ4v) is 2.36. The number of carbonyl (C=O) groups excluding carboxylic acids is 3. The first-order chi connectivity index (χ1) is 9.06. The summed E-state index contributed by atoms with van der Waals surface area (Å²) in [5.41, 5.74) is 0. The molecular formula is C14H23NO4. The predicted octanol–water partition coefficient (Wildman–Crippen LogP) is 1.59. The highest BCUT2D eigenvalue weighted by atomic mass is 16.5. The van der Waals surface area contributed by atoms with E-state index in [4.69, 9.17) is 4.74 Å². The van der Waals surface area contributed by atoms with E-state index in [9.17, 15) is 14.4 Å². The van der Waals surface area contributed by atoms with Gasteiger partial charge in [-0.2, -0.15) is 0 Å². The van der Waals surface area contributed by atoms with Crippen molar-refractivity contribution >= 4 is 17.7 Å². The molecule has 0 radical (unpaired) electrons. The Kier molecular flexibility index (Phi) is 6.53. The Hall–Kier alpha value is -1.39. The van der Waals surface area contributed by atoms with Gasteiger partial charge >= 0.3 is 5.97 Å². The van der Waals surface area contributed by atoms with Crippen molar-refractivity contribution in [2.75, 3.05) is 6.61 Å². The lowest BCUT2D eigenvalue weighted by Crippen LogP contribution is -2.49. The summed E-state index contributed by atoms with van der Waals surface area (Å²) in [5, 5.41) is 2.42. The second kappa shape index (κ2) is 7.92. The largest absolute Gasteiger partial charge is 0.464 e. The summed E-state index contributed by atoms with van der Waals surface area (Å²) in [7, 11) is 0. The van der Waals surface area contributed by atoms with Crippen molar-refractivity contribution in [2.45, 2.75) is 58.4 Å². The third-order valence-electron chi connectivity index (χ3n) is 3.32. The van der Waals surface area contributed by atoms with Crippen LogP contribution in [0.1, 0.15) is 52.4 Å². The van der Waals surface area contributed by atoms with Gasteiger partial charge in [-0.1, -0.05) is 26.2 Å². The summed E-state index contributed by atoms with van der Waals surface area (Å²) in [6, 6.07) is -1.13. The molecule has 0 saturated heterocycles. The molecule has 108 valence electrons. The summed E-state index contributed by atoms with van der Waals surface area (Å²) in [6.45, 7) is 3.45. The van der Waals surface area contributed by atoms with Crippen molar-refractivity contribution < 1.29 is 19.1 Å². The van der Waals surface area contributed by atoms with E-state index in [-0.39, 0.29) is 24.2 Å². The molecule has 5 heteroatoms. The van der Waals surface area contributed by atoms with Crippen LogP contribution in [0.15, 0.2) is 0 Å². The summed E-state index contributed by atoms with van der Waals surface area (Å²) in [6.07, 6.45) is 5.44. The number of amides is 1. The zero-order chi connectivity index (χ0) is 14.3. The van der Waals surface area contributed by atoms with Crippen molar-refractivity contribution in [3.63, 3.8) is 0 Å². The van der Waals surface area contributed by atoms with Crippen LogP contribution < -0.4 is 5.32 Å². The number of esters is 1. The monoisotopic (exact) mass is 269 g/mol. The summed E-state index contributed by atoms with van der Waals surface area (Å²) >= 11 is 0. The number of nitrogens with one attached hydrogen (secondary N) is 1. The van der Waals surface area contributed by atoms with Gasteiger partial charge in [0, 0.05) is 12.8 Å². The van der Waals surface area contributed by atoms with Crippen LogP contribution in [-0.2, 0) is 19.1 Å². The second-order valence-electron chi connectivity index (χ2n) is 5.04. The van der Waals surface area contributed by atoms with Gasteiger partial charge in [0.05, 0.1) is 6.61 Å². The molecule has 1 N–H and O–H groups in total. The smallest absolute Gasteiger partial charge is 0.336 e. The van der Waals surface area contributed by atoms with Gasteiger partial charge in [-0.05, 0) is 19.3 Å². The quantitative estimate of drug-likeness (QED) is 0.587. The maximum absolute atomic E-state index is 12.3. The van der Waals surface area contributed by atoms with Gasteiger partial charge in [-0.3, -0.25) is 9.59 Å². The van der Waals surface area contributed by atoms with E-state index in [1.54, 1.807) is 0 Å². The SMILES string of the molecule is CCCOC(=O)C(NC(C)=O)C(=O)C1CCCCC1. The summed E-state index contributed by atoms with van der Waals surface area (Å²) < 4.78 is 4.99. The van der Waals surface area contributed by atoms with Crippen LogP contribution in [0.2, 0.25) is 0 Å². The zero-order valence-corrected chi connectivity index (χ0v) is 11.7. The number of Topliss-reactive ketones (excluding diaryl/α,β-unsaturated/α-hetero) is 1. The van der Waals surface area contributed by atoms with Crippen LogP contribution in [0.5, 0.6) is 0 Å². The van der Waals surface area contributed by atoms with Crippen molar-refractivity contribution in [3.05, 3.63) is 0 Å². The van der Waals surface area contributed by atoms with Gasteiger partial charge in [-0.25, -0.2) is 4.79 Å². The summed E-state index contributed by atoms with van der Waals surface area (Å²) in [5.74, 6) is -1.34. The number of ketones is 1. The average Bonchev–Trinajstić information content (AvgIpc) is 2.42. The molecule has 1 atom stereocenters. The Morgan fingerprint density at radius 3 is 2.37 bits per heavy atom. The van der Waals surface area contributed by atoms with Crippen LogP contribution in [0.25, 0.3) is 0 Å². The van der Waals surface area contributed by atoms with E-state index in [0.717, 1.165) is 32.1 Å². The maximum Gasteiger partial charge on any atom is 0.336 e. The van der Waals surface area contributed by atoms with E-state index < -0.39 is 12.0 Å². The van der Waals surface area contributed by atoms with Gasteiger partial charge in [-0.15, -0.1) is 0 Å². The number of rotatable bonds is 6. The molecule has 0 aromatic heterocycles. The Bertz CT molecular complexity index is 334. The molecule has 0 heterocycles. The lowest BCUT2D eigenvalue weighted by atomic mass is 9.84. The number of hydrogen-bond acceptors (Lipinski definition) is 4. The molecule has 1 rings (SSSR count). The molecule has 0 aliphatic heterocycles. The third-order valence-corrected chi connectivity index (χ3v) is 3.32. The molecule has 1 amide bonds. The molecule has 1 aliphatic carbocycles. The van der Waals surface area contributed by atoms with Gasteiger partial charge in [0.2, 0.25) is 5.91 Å². The van der Waals surface area contributed by atoms with Crippen molar-refractivity contribution in [2.24, 2.45) is 5.92 Å². The molecular weight excluding hydrogens is 246 g/mol. The van der Waals surface area contributed by atoms with Gasteiger partial charge in [0.15, 0.2) is 11.8 Å². The molecule has 0 bridgehead atoms. The Balaban J connectivity index is 2.68. The molecule has 1 unspecified atom stereocenters. The Morgan fingerprint density at radius 1 is 1.21 bits per heavy atom. The average molecular weight is 269 g/mol. The molecule has 0 aromatic rings. The topological polar surface area (TPSA) is 72.5 Å². The van der Waals surface area contributed by atoms with Crippen LogP contribution in [0, 0.1) is 5.92 Å². The molecule has 0 aromatic carbocycles. The second-order valence-corrected chi connectivity index (χ2v) is 5.04. The number of hydrogen-bond donors (Lipinski definition) is 1. The maximum atomic E-state index is 12.3.